The van der Waals surface area contributed by atoms with Crippen LogP contribution in [0.2, 0.25) is 5.02 Å². The van der Waals surface area contributed by atoms with E-state index in [0.717, 1.165) is 5.56 Å². The molecule has 1 heterocycles. The van der Waals surface area contributed by atoms with Gasteiger partial charge in [0.2, 0.25) is 6.79 Å². The number of hydrazone groups is 1. The molecule has 1 N–H and O–H groups in total. The summed E-state index contributed by atoms with van der Waals surface area (Å²) in [5.74, 6) is 0.143. The van der Waals surface area contributed by atoms with E-state index in [1.165, 1.54) is 18.3 Å². The summed E-state index contributed by atoms with van der Waals surface area (Å²) in [6, 6.07) is 7.65. The fourth-order valence-corrected chi connectivity index (χ4v) is 2.55. The molecule has 0 radical (unpaired) electrons. The second-order valence-electron chi connectivity index (χ2n) is 5.20. The zero-order chi connectivity index (χ0) is 18.0. The van der Waals surface area contributed by atoms with Gasteiger partial charge in [0, 0.05) is 0 Å². The number of hydrogen-bond donors (Lipinski definition) is 1. The number of rotatable bonds is 4. The standard InChI is InChI=1S/C16H12ClN3O5/c1-9-2-3-11(12(17)4-9)16(21)19-18-7-10-5-14-15(25-8-24-14)6-13(10)20(22)23/h2-7H,8H2,1H3,(H,19,21). The number of ether oxygens (including phenoxy) is 2. The van der Waals surface area contributed by atoms with Crippen molar-refractivity contribution in [1.29, 1.82) is 0 Å². The zero-order valence-electron chi connectivity index (χ0n) is 13.0. The van der Waals surface area contributed by atoms with Gasteiger partial charge in [-0.05, 0) is 30.7 Å². The van der Waals surface area contributed by atoms with Gasteiger partial charge in [-0.1, -0.05) is 17.7 Å². The fourth-order valence-electron chi connectivity index (χ4n) is 2.23. The molecule has 2 aromatic rings. The Morgan fingerprint density at radius 3 is 2.72 bits per heavy atom. The summed E-state index contributed by atoms with van der Waals surface area (Å²) in [5, 5.41) is 15.2. The highest BCUT2D eigenvalue weighted by atomic mass is 35.5. The first-order valence-corrected chi connectivity index (χ1v) is 7.51. The van der Waals surface area contributed by atoms with Crippen LogP contribution in [0.4, 0.5) is 5.69 Å². The fraction of sp³-hybridized carbons (Fsp3) is 0.125. The number of amides is 1. The van der Waals surface area contributed by atoms with Gasteiger partial charge in [0.15, 0.2) is 11.5 Å². The minimum absolute atomic E-state index is 0.00422. The van der Waals surface area contributed by atoms with Gasteiger partial charge in [0.1, 0.15) is 0 Å². The van der Waals surface area contributed by atoms with E-state index in [1.54, 1.807) is 18.2 Å². The van der Waals surface area contributed by atoms with Crippen LogP contribution in [0.25, 0.3) is 0 Å². The van der Waals surface area contributed by atoms with Crippen molar-refractivity contribution in [3.05, 3.63) is 62.2 Å². The van der Waals surface area contributed by atoms with E-state index >= 15 is 0 Å². The van der Waals surface area contributed by atoms with E-state index in [1.807, 2.05) is 6.92 Å². The second kappa shape index (κ2) is 6.78. The summed E-state index contributed by atoms with van der Waals surface area (Å²) >= 11 is 6.02. The number of nitrogens with one attached hydrogen (secondary N) is 1. The molecule has 2 aromatic carbocycles. The summed E-state index contributed by atoms with van der Waals surface area (Å²) < 4.78 is 10.3. The Hall–Kier alpha value is -3.13. The summed E-state index contributed by atoms with van der Waals surface area (Å²) in [5.41, 5.74) is 3.42. The molecule has 9 heteroatoms. The van der Waals surface area contributed by atoms with Crippen molar-refractivity contribution < 1.29 is 19.2 Å². The molecule has 8 nitrogen and oxygen atoms in total. The van der Waals surface area contributed by atoms with Gasteiger partial charge < -0.3 is 9.47 Å². The molecule has 0 atom stereocenters. The van der Waals surface area contributed by atoms with Crippen molar-refractivity contribution in [2.75, 3.05) is 6.79 Å². The number of fused-ring (bicyclic) bond motifs is 1. The van der Waals surface area contributed by atoms with E-state index in [9.17, 15) is 14.9 Å². The Balaban J connectivity index is 1.80. The molecule has 0 aromatic heterocycles. The third-order valence-electron chi connectivity index (χ3n) is 3.46. The maximum atomic E-state index is 12.1. The van der Waals surface area contributed by atoms with Gasteiger partial charge in [-0.25, -0.2) is 5.43 Å². The number of halogens is 1. The molecule has 128 valence electrons. The maximum Gasteiger partial charge on any atom is 0.282 e. The molecule has 0 saturated heterocycles. The molecular weight excluding hydrogens is 350 g/mol. The molecule has 0 saturated carbocycles. The number of hydrogen-bond acceptors (Lipinski definition) is 6. The van der Waals surface area contributed by atoms with Crippen LogP contribution in [-0.2, 0) is 0 Å². The Bertz CT molecular complexity index is 898. The smallest absolute Gasteiger partial charge is 0.282 e. The van der Waals surface area contributed by atoms with E-state index in [4.69, 9.17) is 21.1 Å². The highest BCUT2D eigenvalue weighted by Gasteiger charge is 2.22. The van der Waals surface area contributed by atoms with Gasteiger partial charge in [0.05, 0.1) is 33.4 Å². The minimum atomic E-state index is -0.567. The number of carbonyl (C=O) groups excluding carboxylic acids is 1. The van der Waals surface area contributed by atoms with Crippen LogP contribution in [0.3, 0.4) is 0 Å². The second-order valence-corrected chi connectivity index (χ2v) is 5.61. The average Bonchev–Trinajstić information content (AvgIpc) is 3.01. The minimum Gasteiger partial charge on any atom is -0.454 e. The third-order valence-corrected chi connectivity index (χ3v) is 3.77. The average molecular weight is 362 g/mol. The molecule has 0 bridgehead atoms. The SMILES string of the molecule is Cc1ccc(C(=O)NN=Cc2cc3c(cc2[N+](=O)[O-])OCO3)c(Cl)c1. The molecule has 0 unspecified atom stereocenters. The number of aryl methyl sites for hydroxylation is 1. The third kappa shape index (κ3) is 3.53. The number of carbonyl (C=O) groups is 1. The monoisotopic (exact) mass is 361 g/mol. The number of nitrogens with zero attached hydrogens (tertiary/aromatic N) is 2. The molecule has 0 spiro atoms. The van der Waals surface area contributed by atoms with E-state index in [2.05, 4.69) is 10.5 Å². The predicted molar refractivity (Wildman–Crippen MR) is 90.5 cm³/mol. The quantitative estimate of drug-likeness (QED) is 0.512. The topological polar surface area (TPSA) is 103 Å². The predicted octanol–water partition coefficient (Wildman–Crippen LogP) is 3.05. The first-order valence-electron chi connectivity index (χ1n) is 7.13. The van der Waals surface area contributed by atoms with Crippen LogP contribution in [-0.4, -0.2) is 23.8 Å². The number of nitro groups is 1. The van der Waals surface area contributed by atoms with Crippen LogP contribution in [0.1, 0.15) is 21.5 Å². The maximum absolute atomic E-state index is 12.1. The van der Waals surface area contributed by atoms with Crippen molar-refractivity contribution in [2.24, 2.45) is 5.10 Å². The van der Waals surface area contributed by atoms with Gasteiger partial charge in [0.25, 0.3) is 11.6 Å². The summed E-state index contributed by atoms with van der Waals surface area (Å²) in [7, 11) is 0. The van der Waals surface area contributed by atoms with Crippen molar-refractivity contribution >= 4 is 29.4 Å². The first kappa shape index (κ1) is 16.7. The van der Waals surface area contributed by atoms with Gasteiger partial charge in [-0.2, -0.15) is 5.10 Å². The van der Waals surface area contributed by atoms with Gasteiger partial charge in [-0.3, -0.25) is 14.9 Å². The molecule has 1 aliphatic rings. The lowest BCUT2D eigenvalue weighted by molar-refractivity contribution is -0.385. The van der Waals surface area contributed by atoms with E-state index in [0.29, 0.717) is 16.5 Å². The molecule has 0 fully saturated rings. The molecule has 1 amide bonds. The molecule has 1 aliphatic heterocycles. The van der Waals surface area contributed by atoms with Crippen molar-refractivity contribution in [3.63, 3.8) is 0 Å². The lowest BCUT2D eigenvalue weighted by Crippen LogP contribution is -2.18. The van der Waals surface area contributed by atoms with Crippen molar-refractivity contribution in [1.82, 2.24) is 5.43 Å². The summed E-state index contributed by atoms with van der Waals surface area (Å²) in [6.07, 6.45) is 1.17. The van der Waals surface area contributed by atoms with Gasteiger partial charge in [-0.15, -0.1) is 0 Å². The Kier molecular flexibility index (Phi) is 4.53. The molecule has 25 heavy (non-hydrogen) atoms. The lowest BCUT2D eigenvalue weighted by Gasteiger charge is -2.04. The summed E-state index contributed by atoms with van der Waals surface area (Å²) in [4.78, 5) is 22.7. The van der Waals surface area contributed by atoms with Crippen LogP contribution < -0.4 is 14.9 Å². The largest absolute Gasteiger partial charge is 0.454 e. The Morgan fingerprint density at radius 1 is 1.32 bits per heavy atom. The van der Waals surface area contributed by atoms with Crippen LogP contribution in [0.5, 0.6) is 11.5 Å². The van der Waals surface area contributed by atoms with Crippen molar-refractivity contribution in [2.45, 2.75) is 6.92 Å². The Morgan fingerprint density at radius 2 is 2.04 bits per heavy atom. The van der Waals surface area contributed by atoms with Crippen LogP contribution in [0, 0.1) is 17.0 Å². The van der Waals surface area contributed by atoms with Crippen LogP contribution >= 0.6 is 11.6 Å². The van der Waals surface area contributed by atoms with E-state index in [-0.39, 0.29) is 23.6 Å². The lowest BCUT2D eigenvalue weighted by atomic mass is 10.1. The normalized spacial score (nSPS) is 12.4. The highest BCUT2D eigenvalue weighted by molar-refractivity contribution is 6.33. The first-order chi connectivity index (χ1) is 12.0. The van der Waals surface area contributed by atoms with Crippen LogP contribution in [0.15, 0.2) is 35.4 Å². The zero-order valence-corrected chi connectivity index (χ0v) is 13.7. The summed E-state index contributed by atoms with van der Waals surface area (Å²) in [6.45, 7) is 1.85. The van der Waals surface area contributed by atoms with E-state index < -0.39 is 10.8 Å². The highest BCUT2D eigenvalue weighted by Crippen LogP contribution is 2.37. The molecular formula is C16H12ClN3O5. The Labute approximate surface area is 147 Å². The number of benzene rings is 2. The van der Waals surface area contributed by atoms with Gasteiger partial charge >= 0.3 is 0 Å². The molecule has 3 rings (SSSR count). The van der Waals surface area contributed by atoms with Crippen molar-refractivity contribution in [3.8, 4) is 11.5 Å². The number of nitro benzene ring substituents is 1. The molecule has 0 aliphatic carbocycles.